The van der Waals surface area contributed by atoms with E-state index in [1.54, 1.807) is 0 Å². The van der Waals surface area contributed by atoms with Gasteiger partial charge in [0.25, 0.3) is 0 Å². The molecule has 2 atom stereocenters. The molecule has 0 radical (unpaired) electrons. The molecule has 3 heterocycles. The molecule has 136 valence electrons. The topological polar surface area (TPSA) is 38.6 Å². The molecule has 1 aliphatic carbocycles. The van der Waals surface area contributed by atoms with Crippen molar-refractivity contribution < 1.29 is 4.43 Å². The summed E-state index contributed by atoms with van der Waals surface area (Å²) in [4.78, 5) is 4.85. The Bertz CT molecular complexity index is 773. The molecular formula is C20H31N3OSi. The van der Waals surface area contributed by atoms with Crippen LogP contribution in [0.3, 0.4) is 0 Å². The molecule has 0 aromatic carbocycles. The molecule has 25 heavy (non-hydrogen) atoms. The van der Waals surface area contributed by atoms with Crippen molar-refractivity contribution in [3.05, 3.63) is 35.8 Å². The Balaban J connectivity index is 1.47. The molecule has 2 fully saturated rings. The first-order chi connectivity index (χ1) is 11.7. The highest BCUT2D eigenvalue weighted by atomic mass is 28.4. The third-order valence-corrected chi connectivity index (χ3v) is 10.8. The molecule has 1 saturated carbocycles. The molecule has 1 saturated heterocycles. The van der Waals surface area contributed by atoms with E-state index in [0.717, 1.165) is 30.2 Å². The Morgan fingerprint density at radius 3 is 2.64 bits per heavy atom. The van der Waals surface area contributed by atoms with E-state index in [1.807, 2.05) is 0 Å². The Hall–Kier alpha value is -1.17. The first-order valence-electron chi connectivity index (χ1n) is 9.63. The van der Waals surface area contributed by atoms with E-state index in [0.29, 0.717) is 12.1 Å². The maximum atomic E-state index is 6.59. The Morgan fingerprint density at radius 2 is 1.96 bits per heavy atom. The average molecular weight is 358 g/mol. The number of pyridine rings is 1. The van der Waals surface area contributed by atoms with Gasteiger partial charge in [0.2, 0.25) is 0 Å². The van der Waals surface area contributed by atoms with E-state index in [4.69, 9.17) is 9.41 Å². The lowest BCUT2D eigenvalue weighted by atomic mass is 10.1. The zero-order valence-electron chi connectivity index (χ0n) is 16.2. The van der Waals surface area contributed by atoms with E-state index in [1.165, 1.54) is 18.4 Å². The van der Waals surface area contributed by atoms with Crippen molar-refractivity contribution in [2.24, 2.45) is 0 Å². The summed E-state index contributed by atoms with van der Waals surface area (Å²) in [5, 5.41) is 3.89. The number of hydrogen-bond acceptors (Lipinski definition) is 3. The van der Waals surface area contributed by atoms with Gasteiger partial charge in [-0.25, -0.2) is 4.98 Å². The lowest BCUT2D eigenvalue weighted by Crippen LogP contribution is -2.44. The standard InChI is InChI=1S/C20H31N3OSi/c1-20(2,3)25(4,5)24-16-10-17(21-11-16)18-13-23-12-15(14-6-7-14)8-9-19(23)22-18/h8-9,12-14,16-17,21H,6-7,10-11H2,1-5H3/t16-,17+/m0/s1. The fourth-order valence-corrected chi connectivity index (χ4v) is 4.83. The highest BCUT2D eigenvalue weighted by molar-refractivity contribution is 6.74. The molecule has 1 N–H and O–H groups in total. The van der Waals surface area contributed by atoms with Crippen LogP contribution < -0.4 is 5.32 Å². The van der Waals surface area contributed by atoms with Gasteiger partial charge in [0.05, 0.1) is 17.8 Å². The van der Waals surface area contributed by atoms with E-state index in [-0.39, 0.29) is 5.04 Å². The normalized spacial score (nSPS) is 25.0. The van der Waals surface area contributed by atoms with Crippen LogP contribution in [0.1, 0.15) is 63.3 Å². The van der Waals surface area contributed by atoms with E-state index in [9.17, 15) is 0 Å². The van der Waals surface area contributed by atoms with Gasteiger partial charge in [0, 0.05) is 18.9 Å². The minimum atomic E-state index is -1.71. The molecule has 2 aromatic heterocycles. The van der Waals surface area contributed by atoms with Crippen LogP contribution in [-0.4, -0.2) is 30.4 Å². The molecule has 0 bridgehead atoms. The van der Waals surface area contributed by atoms with E-state index >= 15 is 0 Å². The van der Waals surface area contributed by atoms with Crippen LogP contribution in [0.25, 0.3) is 5.65 Å². The average Bonchev–Trinajstić information content (AvgIpc) is 3.12. The quantitative estimate of drug-likeness (QED) is 0.810. The SMILES string of the molecule is CC(C)(C)[Si](C)(C)O[C@@H]1CN[C@@H](c2cn3cc(C4CC4)ccc3n2)C1. The summed E-state index contributed by atoms with van der Waals surface area (Å²) in [6.45, 7) is 12.5. The van der Waals surface area contributed by atoms with E-state index in [2.05, 4.69) is 68.1 Å². The predicted octanol–water partition coefficient (Wildman–Crippen LogP) is 4.64. The van der Waals surface area contributed by atoms with Gasteiger partial charge in [0.1, 0.15) is 5.65 Å². The largest absolute Gasteiger partial charge is 0.413 e. The third kappa shape index (κ3) is 3.42. The summed E-state index contributed by atoms with van der Waals surface area (Å²) < 4.78 is 8.79. The van der Waals surface area contributed by atoms with Gasteiger partial charge in [-0.3, -0.25) is 0 Å². The second-order valence-electron chi connectivity index (χ2n) is 9.36. The summed E-state index contributed by atoms with van der Waals surface area (Å²) in [6.07, 6.45) is 8.47. The van der Waals surface area contributed by atoms with Crippen molar-refractivity contribution in [3.8, 4) is 0 Å². The van der Waals surface area contributed by atoms with Crippen molar-refractivity contribution in [3.63, 3.8) is 0 Å². The highest BCUT2D eigenvalue weighted by Crippen LogP contribution is 2.40. The molecule has 2 aromatic rings. The minimum absolute atomic E-state index is 0.257. The molecule has 0 spiro atoms. The Morgan fingerprint density at radius 1 is 1.20 bits per heavy atom. The Labute approximate surface area is 152 Å². The fourth-order valence-electron chi connectivity index (χ4n) is 3.47. The van der Waals surface area contributed by atoms with Crippen molar-refractivity contribution >= 4 is 14.0 Å². The van der Waals surface area contributed by atoms with Crippen LogP contribution >= 0.6 is 0 Å². The molecule has 4 nitrogen and oxygen atoms in total. The van der Waals surface area contributed by atoms with Gasteiger partial charge in [-0.05, 0) is 54.9 Å². The molecule has 5 heteroatoms. The summed E-state index contributed by atoms with van der Waals surface area (Å²) >= 11 is 0. The monoisotopic (exact) mass is 357 g/mol. The van der Waals surface area contributed by atoms with Gasteiger partial charge in [-0.15, -0.1) is 0 Å². The first kappa shape index (κ1) is 17.3. The van der Waals surface area contributed by atoms with Crippen LogP contribution in [0.2, 0.25) is 18.1 Å². The number of aromatic nitrogens is 2. The molecule has 0 unspecified atom stereocenters. The van der Waals surface area contributed by atoms with Crippen LogP contribution in [-0.2, 0) is 4.43 Å². The number of nitrogens with one attached hydrogen (secondary N) is 1. The summed E-state index contributed by atoms with van der Waals surface area (Å²) in [5.74, 6) is 0.780. The summed E-state index contributed by atoms with van der Waals surface area (Å²) in [5.41, 5.74) is 3.65. The number of fused-ring (bicyclic) bond motifs is 1. The third-order valence-electron chi connectivity index (χ3n) is 6.26. The number of imidazole rings is 1. The number of nitrogens with zero attached hydrogens (tertiary/aromatic N) is 2. The van der Waals surface area contributed by atoms with Crippen LogP contribution in [0.4, 0.5) is 0 Å². The molecule has 2 aliphatic rings. The smallest absolute Gasteiger partial charge is 0.192 e. The van der Waals surface area contributed by atoms with Gasteiger partial charge in [0.15, 0.2) is 8.32 Å². The van der Waals surface area contributed by atoms with Crippen molar-refractivity contribution in [1.29, 1.82) is 0 Å². The highest BCUT2D eigenvalue weighted by Gasteiger charge is 2.41. The summed E-state index contributed by atoms with van der Waals surface area (Å²) in [6, 6.07) is 4.71. The van der Waals surface area contributed by atoms with Gasteiger partial charge in [-0.2, -0.15) is 0 Å². The lowest BCUT2D eigenvalue weighted by molar-refractivity contribution is 0.197. The molecule has 1 aliphatic heterocycles. The van der Waals surface area contributed by atoms with Crippen molar-refractivity contribution in [2.75, 3.05) is 6.54 Å². The minimum Gasteiger partial charge on any atom is -0.413 e. The second-order valence-corrected chi connectivity index (χ2v) is 14.1. The maximum absolute atomic E-state index is 6.59. The molecular weight excluding hydrogens is 326 g/mol. The Kier molecular flexibility index (Phi) is 4.09. The van der Waals surface area contributed by atoms with Crippen molar-refractivity contribution in [1.82, 2.24) is 14.7 Å². The summed E-state index contributed by atoms with van der Waals surface area (Å²) in [7, 11) is -1.71. The first-order valence-corrected chi connectivity index (χ1v) is 12.5. The van der Waals surface area contributed by atoms with Crippen LogP contribution in [0, 0.1) is 0 Å². The van der Waals surface area contributed by atoms with Gasteiger partial charge < -0.3 is 14.1 Å². The second kappa shape index (κ2) is 5.93. The zero-order chi connectivity index (χ0) is 17.8. The van der Waals surface area contributed by atoms with Crippen LogP contribution in [0.5, 0.6) is 0 Å². The number of hydrogen-bond donors (Lipinski definition) is 1. The van der Waals surface area contributed by atoms with Gasteiger partial charge in [-0.1, -0.05) is 26.8 Å². The van der Waals surface area contributed by atoms with Crippen LogP contribution in [0.15, 0.2) is 24.5 Å². The zero-order valence-corrected chi connectivity index (χ0v) is 17.2. The van der Waals surface area contributed by atoms with Gasteiger partial charge >= 0.3 is 0 Å². The van der Waals surface area contributed by atoms with E-state index < -0.39 is 8.32 Å². The fraction of sp³-hybridized carbons (Fsp3) is 0.650. The maximum Gasteiger partial charge on any atom is 0.192 e. The molecule has 0 amide bonds. The lowest BCUT2D eigenvalue weighted by Gasteiger charge is -2.38. The predicted molar refractivity (Wildman–Crippen MR) is 105 cm³/mol. The number of rotatable bonds is 4. The molecule has 4 rings (SSSR count). The van der Waals surface area contributed by atoms with Crippen molar-refractivity contribution in [2.45, 2.75) is 76.2 Å².